The normalized spacial score (nSPS) is 12.8. The summed E-state index contributed by atoms with van der Waals surface area (Å²) in [4.78, 5) is 2.86. The minimum Gasteiger partial charge on any atom is -0.144 e. The summed E-state index contributed by atoms with van der Waals surface area (Å²) in [6, 6.07) is 8.09. The molecule has 1 unspecified atom stereocenters. The molecular weight excluding hydrogens is 383 g/mol. The quantitative estimate of drug-likeness (QED) is 0.527. The van der Waals surface area contributed by atoms with Gasteiger partial charge in [0.15, 0.2) is 0 Å². The average Bonchev–Trinajstić information content (AvgIpc) is 2.60. The highest BCUT2D eigenvalue weighted by atomic mass is 79.9. The molecule has 1 heterocycles. The van der Waals surface area contributed by atoms with E-state index in [0.717, 1.165) is 9.50 Å². The van der Waals surface area contributed by atoms with Crippen LogP contribution in [-0.4, -0.2) is 0 Å². The van der Waals surface area contributed by atoms with Gasteiger partial charge in [0.1, 0.15) is 0 Å². The van der Waals surface area contributed by atoms with E-state index in [1.807, 2.05) is 29.5 Å². The van der Waals surface area contributed by atoms with Gasteiger partial charge in [-0.2, -0.15) is 0 Å². The Morgan fingerprint density at radius 1 is 1.24 bits per heavy atom. The van der Waals surface area contributed by atoms with E-state index in [1.165, 1.54) is 20.9 Å². The summed E-state index contributed by atoms with van der Waals surface area (Å²) in [5.41, 5.74) is 2.49. The van der Waals surface area contributed by atoms with Gasteiger partial charge in [-0.05, 0) is 49.2 Å². The van der Waals surface area contributed by atoms with Crippen LogP contribution in [-0.2, 0) is 0 Å². The number of aryl methyl sites for hydroxylation is 2. The Morgan fingerprint density at radius 3 is 2.53 bits per heavy atom. The van der Waals surface area contributed by atoms with Gasteiger partial charge in [0.05, 0.1) is 4.83 Å². The highest BCUT2D eigenvalue weighted by Crippen LogP contribution is 2.41. The lowest BCUT2D eigenvalue weighted by Crippen LogP contribution is -1.93. The lowest BCUT2D eigenvalue weighted by Gasteiger charge is -2.12. The Labute approximate surface area is 127 Å². The standard InChI is InChI=1S/C13H11Br2ClS/c1-7-5-8(2)17-13(7)12(15)10-6-9(16)3-4-11(10)14/h3-6,12H,1-2H3. The summed E-state index contributed by atoms with van der Waals surface area (Å²) in [6.45, 7) is 4.28. The smallest absolute Gasteiger partial charge is 0.0752 e. The number of hydrogen-bond donors (Lipinski definition) is 0. The molecule has 2 rings (SSSR count). The lowest BCUT2D eigenvalue weighted by atomic mass is 10.1. The molecule has 0 nitrogen and oxygen atoms in total. The first-order valence-electron chi connectivity index (χ1n) is 5.15. The second-order valence-corrected chi connectivity index (χ2v) is 7.43. The topological polar surface area (TPSA) is 0 Å². The van der Waals surface area contributed by atoms with Crippen LogP contribution >= 0.6 is 54.8 Å². The fourth-order valence-corrected chi connectivity index (χ4v) is 4.78. The van der Waals surface area contributed by atoms with E-state index in [9.17, 15) is 0 Å². The first kappa shape index (κ1) is 13.6. The maximum Gasteiger partial charge on any atom is 0.0752 e. The molecule has 0 fully saturated rings. The lowest BCUT2D eigenvalue weighted by molar-refractivity contribution is 1.18. The van der Waals surface area contributed by atoms with Gasteiger partial charge in [-0.1, -0.05) is 43.5 Å². The first-order valence-corrected chi connectivity index (χ1v) is 8.05. The third kappa shape index (κ3) is 2.95. The molecule has 1 aromatic carbocycles. The number of benzene rings is 1. The molecule has 0 radical (unpaired) electrons. The van der Waals surface area contributed by atoms with Crippen molar-refractivity contribution in [2.24, 2.45) is 0 Å². The van der Waals surface area contributed by atoms with Crippen molar-refractivity contribution in [3.63, 3.8) is 0 Å². The number of thiophene rings is 1. The van der Waals surface area contributed by atoms with Gasteiger partial charge in [0, 0.05) is 19.2 Å². The third-order valence-corrected chi connectivity index (χ3v) is 5.97. The summed E-state index contributed by atoms with van der Waals surface area (Å²) in [5, 5.41) is 0.763. The molecule has 1 aromatic heterocycles. The highest BCUT2D eigenvalue weighted by molar-refractivity contribution is 9.11. The van der Waals surface area contributed by atoms with Gasteiger partial charge < -0.3 is 0 Å². The molecular formula is C13H11Br2ClS. The van der Waals surface area contributed by atoms with Crippen LogP contribution in [0.2, 0.25) is 5.02 Å². The number of halogens is 3. The van der Waals surface area contributed by atoms with Crippen molar-refractivity contribution in [1.82, 2.24) is 0 Å². The molecule has 0 amide bonds. The van der Waals surface area contributed by atoms with E-state index >= 15 is 0 Å². The van der Waals surface area contributed by atoms with Gasteiger partial charge in [0.25, 0.3) is 0 Å². The summed E-state index contributed by atoms with van der Waals surface area (Å²) in [7, 11) is 0. The summed E-state index contributed by atoms with van der Waals surface area (Å²) in [5.74, 6) is 0. The predicted octanol–water partition coefficient (Wildman–Crippen LogP) is 6.27. The Morgan fingerprint density at radius 2 is 1.94 bits per heavy atom. The molecule has 0 bridgehead atoms. The Hall–Kier alpha value is 0.170. The zero-order valence-electron chi connectivity index (χ0n) is 9.43. The highest BCUT2D eigenvalue weighted by Gasteiger charge is 2.18. The Balaban J connectivity index is 2.46. The molecule has 0 aliphatic rings. The maximum absolute atomic E-state index is 6.06. The molecule has 0 aliphatic carbocycles. The van der Waals surface area contributed by atoms with Crippen LogP contribution in [0.25, 0.3) is 0 Å². The van der Waals surface area contributed by atoms with Gasteiger partial charge in [-0.3, -0.25) is 0 Å². The minimum absolute atomic E-state index is 0.189. The van der Waals surface area contributed by atoms with Crippen molar-refractivity contribution >= 4 is 54.8 Å². The van der Waals surface area contributed by atoms with Crippen molar-refractivity contribution in [3.8, 4) is 0 Å². The van der Waals surface area contributed by atoms with Gasteiger partial charge in [-0.15, -0.1) is 11.3 Å². The van der Waals surface area contributed by atoms with E-state index in [4.69, 9.17) is 11.6 Å². The van der Waals surface area contributed by atoms with E-state index in [-0.39, 0.29) is 4.83 Å². The van der Waals surface area contributed by atoms with E-state index in [0.29, 0.717) is 0 Å². The van der Waals surface area contributed by atoms with Crippen LogP contribution in [0, 0.1) is 13.8 Å². The van der Waals surface area contributed by atoms with E-state index < -0.39 is 0 Å². The fraction of sp³-hybridized carbons (Fsp3) is 0.231. The molecule has 0 saturated heterocycles. The largest absolute Gasteiger partial charge is 0.144 e. The number of rotatable bonds is 2. The average molecular weight is 395 g/mol. The van der Waals surface area contributed by atoms with Crippen LogP contribution in [0.3, 0.4) is 0 Å². The van der Waals surface area contributed by atoms with Crippen LogP contribution in [0.1, 0.15) is 25.7 Å². The second-order valence-electron chi connectivity index (χ2n) is 3.93. The molecule has 1 atom stereocenters. The Kier molecular flexibility index (Phi) is 4.35. The number of alkyl halides is 1. The molecule has 2 aromatic rings. The second kappa shape index (κ2) is 5.43. The minimum atomic E-state index is 0.189. The zero-order chi connectivity index (χ0) is 12.6. The molecule has 4 heteroatoms. The van der Waals surface area contributed by atoms with Crippen molar-refractivity contribution in [2.45, 2.75) is 18.7 Å². The van der Waals surface area contributed by atoms with Gasteiger partial charge in [0.2, 0.25) is 0 Å². The summed E-state index contributed by atoms with van der Waals surface area (Å²) >= 11 is 15.2. The third-order valence-electron chi connectivity index (χ3n) is 2.54. The molecule has 0 saturated carbocycles. The first-order chi connectivity index (χ1) is 7.99. The molecule has 0 aliphatic heterocycles. The van der Waals surface area contributed by atoms with Crippen molar-refractivity contribution < 1.29 is 0 Å². The van der Waals surface area contributed by atoms with Crippen molar-refractivity contribution in [3.05, 3.63) is 54.6 Å². The van der Waals surface area contributed by atoms with Gasteiger partial charge >= 0.3 is 0 Å². The predicted molar refractivity (Wildman–Crippen MR) is 83.7 cm³/mol. The summed E-state index contributed by atoms with van der Waals surface area (Å²) < 4.78 is 1.08. The fourth-order valence-electron chi connectivity index (χ4n) is 1.76. The molecule has 17 heavy (non-hydrogen) atoms. The molecule has 0 spiro atoms. The van der Waals surface area contributed by atoms with Crippen LogP contribution in [0.4, 0.5) is 0 Å². The summed E-state index contributed by atoms with van der Waals surface area (Å²) in [6.07, 6.45) is 0. The van der Waals surface area contributed by atoms with Crippen LogP contribution < -0.4 is 0 Å². The molecule has 0 N–H and O–H groups in total. The SMILES string of the molecule is Cc1cc(C)c(C(Br)c2cc(Cl)ccc2Br)s1. The monoisotopic (exact) mass is 392 g/mol. The van der Waals surface area contributed by atoms with Crippen LogP contribution in [0.5, 0.6) is 0 Å². The van der Waals surface area contributed by atoms with Crippen LogP contribution in [0.15, 0.2) is 28.7 Å². The van der Waals surface area contributed by atoms with E-state index in [2.05, 4.69) is 51.8 Å². The number of hydrogen-bond acceptors (Lipinski definition) is 1. The van der Waals surface area contributed by atoms with E-state index in [1.54, 1.807) is 0 Å². The Bertz CT molecular complexity index is 548. The maximum atomic E-state index is 6.06. The van der Waals surface area contributed by atoms with Crippen molar-refractivity contribution in [2.75, 3.05) is 0 Å². The van der Waals surface area contributed by atoms with Gasteiger partial charge in [-0.25, -0.2) is 0 Å². The molecule has 90 valence electrons. The van der Waals surface area contributed by atoms with Crippen molar-refractivity contribution in [1.29, 1.82) is 0 Å². The zero-order valence-corrected chi connectivity index (χ0v) is 14.2.